The number of rotatable bonds is 10. The van der Waals surface area contributed by atoms with Gasteiger partial charge in [-0.3, -0.25) is 0 Å². The van der Waals surface area contributed by atoms with E-state index in [4.69, 9.17) is 25.8 Å². The van der Waals surface area contributed by atoms with Gasteiger partial charge in [0.1, 0.15) is 12.2 Å². The minimum Gasteiger partial charge on any atom is -0.495 e. The molecule has 0 amide bonds. The second-order valence-corrected chi connectivity index (χ2v) is 4.23. The van der Waals surface area contributed by atoms with Gasteiger partial charge in [0, 0.05) is 25.7 Å². The maximum absolute atomic E-state index is 9.59. The molecular formula is C11H23NO8. The maximum atomic E-state index is 9.59. The fourth-order valence-electron chi connectivity index (χ4n) is 1.47. The average molecular weight is 297 g/mol. The van der Waals surface area contributed by atoms with E-state index in [1.165, 1.54) is 0 Å². The first-order chi connectivity index (χ1) is 9.33. The van der Waals surface area contributed by atoms with E-state index in [2.05, 4.69) is 0 Å². The standard InChI is InChI=1S/C11H23NO8/c12-8(16)5-6(1-3-13)20-11(19)10(18)9(17)7(15)2-4-14/h5-7,9-11,13-19H,1-4,12H2/b8-5-/t6-,7?,9?,10?,11+/m0/s1. The molecule has 0 aliphatic carbocycles. The molecule has 0 aromatic carbocycles. The molecule has 3 unspecified atom stereocenters. The summed E-state index contributed by atoms with van der Waals surface area (Å²) in [6.45, 7) is -0.730. The van der Waals surface area contributed by atoms with Crippen LogP contribution in [0, 0.1) is 0 Å². The highest BCUT2D eigenvalue weighted by Crippen LogP contribution is 2.12. The molecule has 9 heteroatoms. The van der Waals surface area contributed by atoms with Gasteiger partial charge in [-0.2, -0.15) is 0 Å². The van der Waals surface area contributed by atoms with Gasteiger partial charge in [-0.05, 0) is 6.42 Å². The Morgan fingerprint density at radius 2 is 1.55 bits per heavy atom. The Balaban J connectivity index is 4.54. The minimum absolute atomic E-state index is 0.0136. The maximum Gasteiger partial charge on any atom is 0.184 e. The number of ether oxygens (including phenoxy) is 1. The normalized spacial score (nSPS) is 20.2. The fraction of sp³-hybridized carbons (Fsp3) is 0.818. The quantitative estimate of drug-likeness (QED) is 0.153. The lowest BCUT2D eigenvalue weighted by Crippen LogP contribution is -2.46. The second-order valence-electron chi connectivity index (χ2n) is 4.23. The van der Waals surface area contributed by atoms with Crippen molar-refractivity contribution in [2.75, 3.05) is 13.2 Å². The lowest BCUT2D eigenvalue weighted by atomic mass is 10.1. The molecular weight excluding hydrogens is 274 g/mol. The Morgan fingerprint density at radius 3 is 2.00 bits per heavy atom. The number of aliphatic hydroxyl groups excluding tert-OH is 7. The Hall–Kier alpha value is -0.940. The van der Waals surface area contributed by atoms with Crippen LogP contribution in [0.1, 0.15) is 12.8 Å². The van der Waals surface area contributed by atoms with Crippen molar-refractivity contribution in [2.24, 2.45) is 5.73 Å². The first kappa shape index (κ1) is 19.1. The third kappa shape index (κ3) is 7.01. The zero-order valence-corrected chi connectivity index (χ0v) is 10.9. The Kier molecular flexibility index (Phi) is 9.42. The highest BCUT2D eigenvalue weighted by Gasteiger charge is 2.31. The summed E-state index contributed by atoms with van der Waals surface area (Å²) in [5.41, 5.74) is 5.02. The summed E-state index contributed by atoms with van der Waals surface area (Å²) in [6, 6.07) is 0. The van der Waals surface area contributed by atoms with Crippen molar-refractivity contribution >= 4 is 0 Å². The van der Waals surface area contributed by atoms with Crippen LogP contribution in [0.25, 0.3) is 0 Å². The van der Waals surface area contributed by atoms with Gasteiger partial charge >= 0.3 is 0 Å². The van der Waals surface area contributed by atoms with Crippen LogP contribution in [0.4, 0.5) is 0 Å². The van der Waals surface area contributed by atoms with Crippen molar-refractivity contribution in [2.45, 2.75) is 43.5 Å². The zero-order chi connectivity index (χ0) is 15.7. The number of hydrogen-bond donors (Lipinski definition) is 8. The summed E-state index contributed by atoms with van der Waals surface area (Å²) >= 11 is 0. The van der Waals surface area contributed by atoms with E-state index in [1.54, 1.807) is 0 Å². The number of hydrogen-bond acceptors (Lipinski definition) is 9. The van der Waals surface area contributed by atoms with E-state index in [1.807, 2.05) is 0 Å². The molecule has 5 atom stereocenters. The molecule has 0 saturated carbocycles. The Bertz CT molecular complexity index is 284. The average Bonchev–Trinajstić information content (AvgIpc) is 2.36. The monoisotopic (exact) mass is 297 g/mol. The predicted octanol–water partition coefficient (Wildman–Crippen LogP) is -3.10. The van der Waals surface area contributed by atoms with Gasteiger partial charge in [0.2, 0.25) is 0 Å². The van der Waals surface area contributed by atoms with Gasteiger partial charge in [0.25, 0.3) is 0 Å². The smallest absolute Gasteiger partial charge is 0.184 e. The van der Waals surface area contributed by atoms with Gasteiger partial charge in [-0.15, -0.1) is 0 Å². The molecule has 9 N–H and O–H groups in total. The predicted molar refractivity (Wildman–Crippen MR) is 67.2 cm³/mol. The first-order valence-corrected chi connectivity index (χ1v) is 6.09. The molecule has 120 valence electrons. The summed E-state index contributed by atoms with van der Waals surface area (Å²) < 4.78 is 4.91. The van der Waals surface area contributed by atoms with Crippen molar-refractivity contribution in [3.05, 3.63) is 12.0 Å². The summed E-state index contributed by atoms with van der Waals surface area (Å²) in [5, 5.41) is 64.3. The molecule has 0 bridgehead atoms. The Morgan fingerprint density at radius 1 is 1.00 bits per heavy atom. The molecule has 0 aliphatic heterocycles. The van der Waals surface area contributed by atoms with E-state index >= 15 is 0 Å². The van der Waals surface area contributed by atoms with Crippen LogP contribution in [0.5, 0.6) is 0 Å². The van der Waals surface area contributed by atoms with Crippen LogP contribution in [0.15, 0.2) is 12.0 Å². The summed E-state index contributed by atoms with van der Waals surface area (Å²) in [7, 11) is 0. The lowest BCUT2D eigenvalue weighted by molar-refractivity contribution is -0.215. The molecule has 0 heterocycles. The summed E-state index contributed by atoms with van der Waals surface area (Å²) in [6.07, 6.45) is -7.09. The topological polar surface area (TPSA) is 177 Å². The van der Waals surface area contributed by atoms with Gasteiger partial charge < -0.3 is 46.2 Å². The molecule has 20 heavy (non-hydrogen) atoms. The van der Waals surface area contributed by atoms with E-state index in [0.717, 1.165) is 6.08 Å². The second kappa shape index (κ2) is 9.88. The molecule has 0 aliphatic rings. The zero-order valence-electron chi connectivity index (χ0n) is 10.9. The number of nitrogens with two attached hydrogens (primary N) is 1. The lowest BCUT2D eigenvalue weighted by Gasteiger charge is -2.28. The molecule has 0 spiro atoms. The molecule has 9 nitrogen and oxygen atoms in total. The van der Waals surface area contributed by atoms with Crippen LogP contribution in [-0.4, -0.2) is 79.7 Å². The van der Waals surface area contributed by atoms with E-state index in [0.29, 0.717) is 0 Å². The SMILES string of the molecule is N/C(O)=C/[C@H](CCO)O[C@@H](O)C(O)C(O)C(O)CCO. The summed E-state index contributed by atoms with van der Waals surface area (Å²) in [4.78, 5) is 0. The van der Waals surface area contributed by atoms with Crippen LogP contribution in [0.2, 0.25) is 0 Å². The molecule has 0 saturated heterocycles. The van der Waals surface area contributed by atoms with E-state index < -0.39 is 43.2 Å². The van der Waals surface area contributed by atoms with Gasteiger partial charge in [-0.1, -0.05) is 0 Å². The molecule has 0 aromatic rings. The molecule has 0 rings (SSSR count). The minimum atomic E-state index is -1.88. The van der Waals surface area contributed by atoms with Crippen LogP contribution in [-0.2, 0) is 4.74 Å². The van der Waals surface area contributed by atoms with Crippen LogP contribution >= 0.6 is 0 Å². The summed E-state index contributed by atoms with van der Waals surface area (Å²) in [5.74, 6) is -0.592. The first-order valence-electron chi connectivity index (χ1n) is 6.09. The van der Waals surface area contributed by atoms with Crippen molar-refractivity contribution in [1.82, 2.24) is 0 Å². The molecule has 0 radical (unpaired) electrons. The van der Waals surface area contributed by atoms with Crippen LogP contribution in [0.3, 0.4) is 0 Å². The highest BCUT2D eigenvalue weighted by atomic mass is 16.6. The van der Waals surface area contributed by atoms with Crippen molar-refractivity contribution in [3.63, 3.8) is 0 Å². The van der Waals surface area contributed by atoms with Gasteiger partial charge in [-0.25, -0.2) is 0 Å². The fourth-order valence-corrected chi connectivity index (χ4v) is 1.47. The molecule has 0 aromatic heterocycles. The third-order valence-electron chi connectivity index (χ3n) is 2.55. The van der Waals surface area contributed by atoms with Crippen molar-refractivity contribution in [1.29, 1.82) is 0 Å². The molecule has 0 fully saturated rings. The van der Waals surface area contributed by atoms with Crippen molar-refractivity contribution in [3.8, 4) is 0 Å². The van der Waals surface area contributed by atoms with Gasteiger partial charge in [0.15, 0.2) is 12.2 Å². The highest BCUT2D eigenvalue weighted by molar-refractivity contribution is 4.92. The van der Waals surface area contributed by atoms with E-state index in [9.17, 15) is 20.4 Å². The Labute approximate surface area is 116 Å². The number of aliphatic hydroxyl groups is 7. The van der Waals surface area contributed by atoms with E-state index in [-0.39, 0.29) is 19.4 Å². The largest absolute Gasteiger partial charge is 0.495 e. The third-order valence-corrected chi connectivity index (χ3v) is 2.55. The van der Waals surface area contributed by atoms with Crippen LogP contribution < -0.4 is 5.73 Å². The van der Waals surface area contributed by atoms with Gasteiger partial charge in [0.05, 0.1) is 12.2 Å². The van der Waals surface area contributed by atoms with Crippen molar-refractivity contribution < 1.29 is 40.5 Å².